The molecule has 2 N–H and O–H groups in total. The topological polar surface area (TPSA) is 68.3 Å². The lowest BCUT2D eigenvalue weighted by Gasteiger charge is -2.21. The van der Waals surface area contributed by atoms with Crippen LogP contribution in [0.1, 0.15) is 46.6 Å². The molecule has 1 aromatic heterocycles. The van der Waals surface area contributed by atoms with E-state index < -0.39 is 11.7 Å². The lowest BCUT2D eigenvalue weighted by Crippen LogP contribution is -2.22. The molecule has 0 amide bonds. The second-order valence-electron chi connectivity index (χ2n) is 8.80. The molecule has 1 unspecified atom stereocenters. The van der Waals surface area contributed by atoms with Crippen molar-refractivity contribution in [2.75, 3.05) is 10.6 Å². The van der Waals surface area contributed by atoms with Crippen LogP contribution in [0.5, 0.6) is 11.5 Å². The molecule has 1 heterocycles. The Balaban J connectivity index is 1.80. The number of benzene rings is 2. The van der Waals surface area contributed by atoms with E-state index in [4.69, 9.17) is 9.47 Å². The first kappa shape index (κ1) is 25.1. The van der Waals surface area contributed by atoms with Crippen LogP contribution < -0.4 is 20.1 Å². The summed E-state index contributed by atoms with van der Waals surface area (Å²) in [5.74, 6) is 0.986. The van der Waals surface area contributed by atoms with Crippen LogP contribution in [0.15, 0.2) is 54.7 Å². The van der Waals surface area contributed by atoms with Gasteiger partial charge in [0.2, 0.25) is 5.95 Å². The molecule has 34 heavy (non-hydrogen) atoms. The Kier molecular flexibility index (Phi) is 7.54. The molecule has 0 fully saturated rings. The van der Waals surface area contributed by atoms with Crippen molar-refractivity contribution in [3.63, 3.8) is 0 Å². The van der Waals surface area contributed by atoms with Crippen LogP contribution in [0, 0.1) is 0 Å². The van der Waals surface area contributed by atoms with Gasteiger partial charge in [0, 0.05) is 17.6 Å². The van der Waals surface area contributed by atoms with Gasteiger partial charge < -0.3 is 20.1 Å². The Morgan fingerprint density at radius 2 is 1.44 bits per heavy atom. The van der Waals surface area contributed by atoms with Gasteiger partial charge in [-0.25, -0.2) is 4.98 Å². The summed E-state index contributed by atoms with van der Waals surface area (Å²) in [6.45, 7) is 9.78. The summed E-state index contributed by atoms with van der Waals surface area (Å²) >= 11 is 0. The number of aromatic nitrogens is 2. The van der Waals surface area contributed by atoms with Crippen molar-refractivity contribution in [1.82, 2.24) is 9.97 Å². The Morgan fingerprint density at radius 1 is 0.882 bits per heavy atom. The van der Waals surface area contributed by atoms with Gasteiger partial charge in [0.05, 0.1) is 6.10 Å². The van der Waals surface area contributed by atoms with Gasteiger partial charge in [-0.2, -0.15) is 18.2 Å². The van der Waals surface area contributed by atoms with Crippen LogP contribution in [-0.4, -0.2) is 21.7 Å². The van der Waals surface area contributed by atoms with Crippen molar-refractivity contribution < 1.29 is 22.6 Å². The number of nitrogens with one attached hydrogen (secondary N) is 2. The van der Waals surface area contributed by atoms with Gasteiger partial charge in [0.1, 0.15) is 28.5 Å². The molecule has 9 heteroatoms. The number of rotatable bonds is 8. The average molecular weight is 475 g/mol. The van der Waals surface area contributed by atoms with Gasteiger partial charge in [0.15, 0.2) is 0 Å². The number of halogens is 3. The largest absolute Gasteiger partial charge is 0.491 e. The summed E-state index contributed by atoms with van der Waals surface area (Å²) in [5, 5.41) is 5.68. The monoisotopic (exact) mass is 474 g/mol. The average Bonchev–Trinajstić information content (AvgIpc) is 2.75. The summed E-state index contributed by atoms with van der Waals surface area (Å²) < 4.78 is 52.2. The van der Waals surface area contributed by atoms with Crippen LogP contribution in [0.4, 0.5) is 36.3 Å². The van der Waals surface area contributed by atoms with E-state index in [1.165, 1.54) is 0 Å². The smallest absolute Gasteiger partial charge is 0.421 e. The predicted octanol–water partition coefficient (Wildman–Crippen LogP) is 7.34. The molecule has 0 aliphatic rings. The maximum Gasteiger partial charge on any atom is 0.421 e. The molecule has 0 saturated heterocycles. The number of hydrogen-bond donors (Lipinski definition) is 2. The number of hydrogen-bond acceptors (Lipinski definition) is 6. The van der Waals surface area contributed by atoms with E-state index in [0.29, 0.717) is 22.9 Å². The predicted molar refractivity (Wildman–Crippen MR) is 127 cm³/mol. The normalized spacial score (nSPS) is 12.7. The minimum absolute atomic E-state index is 0.0247. The lowest BCUT2D eigenvalue weighted by atomic mass is 10.2. The van der Waals surface area contributed by atoms with Gasteiger partial charge in [-0.15, -0.1) is 0 Å². The summed E-state index contributed by atoms with van der Waals surface area (Å²) in [5.41, 5.74) is -0.259. The van der Waals surface area contributed by atoms with Gasteiger partial charge in [-0.1, -0.05) is 6.92 Å². The third-order valence-corrected chi connectivity index (χ3v) is 4.66. The third-order valence-electron chi connectivity index (χ3n) is 4.66. The Bertz CT molecular complexity index is 1080. The fourth-order valence-corrected chi connectivity index (χ4v) is 2.90. The summed E-state index contributed by atoms with van der Waals surface area (Å²) in [7, 11) is 0. The molecule has 0 saturated carbocycles. The van der Waals surface area contributed by atoms with E-state index in [1.54, 1.807) is 48.5 Å². The van der Waals surface area contributed by atoms with Crippen molar-refractivity contribution in [1.29, 1.82) is 0 Å². The Morgan fingerprint density at radius 3 is 1.97 bits per heavy atom. The fraction of sp³-hybridized carbons (Fsp3) is 0.360. The minimum Gasteiger partial charge on any atom is -0.491 e. The molecule has 6 nitrogen and oxygen atoms in total. The molecule has 3 rings (SSSR count). The highest BCUT2D eigenvalue weighted by molar-refractivity contribution is 5.63. The molecule has 0 spiro atoms. The molecule has 1 atom stereocenters. The molecule has 182 valence electrons. The summed E-state index contributed by atoms with van der Waals surface area (Å²) in [6, 6.07) is 13.7. The van der Waals surface area contributed by atoms with E-state index in [1.807, 2.05) is 34.6 Å². The van der Waals surface area contributed by atoms with Crippen LogP contribution in [-0.2, 0) is 6.18 Å². The number of anilines is 4. The van der Waals surface area contributed by atoms with Gasteiger partial charge in [-0.05, 0) is 82.6 Å². The molecule has 3 aromatic rings. The Labute approximate surface area is 197 Å². The quantitative estimate of drug-likeness (QED) is 0.356. The third kappa shape index (κ3) is 7.26. The highest BCUT2D eigenvalue weighted by Crippen LogP contribution is 2.35. The highest BCUT2D eigenvalue weighted by Gasteiger charge is 2.35. The van der Waals surface area contributed by atoms with Crippen LogP contribution in [0.2, 0.25) is 0 Å². The first-order valence-corrected chi connectivity index (χ1v) is 11.0. The number of ether oxygens (including phenoxy) is 2. The summed E-state index contributed by atoms with van der Waals surface area (Å²) in [6.07, 6.45) is -2.97. The number of alkyl halides is 3. The fourth-order valence-electron chi connectivity index (χ4n) is 2.90. The van der Waals surface area contributed by atoms with E-state index in [2.05, 4.69) is 20.6 Å². The van der Waals surface area contributed by atoms with E-state index in [-0.39, 0.29) is 23.5 Å². The van der Waals surface area contributed by atoms with Gasteiger partial charge in [-0.3, -0.25) is 0 Å². The van der Waals surface area contributed by atoms with Crippen molar-refractivity contribution in [2.45, 2.75) is 58.9 Å². The first-order chi connectivity index (χ1) is 15.9. The van der Waals surface area contributed by atoms with E-state index >= 15 is 0 Å². The standard InChI is InChI=1S/C25H29F3N4O2/c1-6-16(2)33-19-11-7-17(8-12-19)30-22-21(25(26,27)28)15-29-23(32-22)31-18-9-13-20(14-10-18)34-24(3,4)5/h7-16H,6H2,1-5H3,(H2,29,30,31,32). The van der Waals surface area contributed by atoms with Crippen LogP contribution >= 0.6 is 0 Å². The van der Waals surface area contributed by atoms with Crippen LogP contribution in [0.3, 0.4) is 0 Å². The molecule has 0 aliphatic carbocycles. The van der Waals surface area contributed by atoms with Crippen molar-refractivity contribution in [2.24, 2.45) is 0 Å². The van der Waals surface area contributed by atoms with Crippen molar-refractivity contribution in [3.8, 4) is 11.5 Å². The maximum atomic E-state index is 13.6. The highest BCUT2D eigenvalue weighted by atomic mass is 19.4. The van der Waals surface area contributed by atoms with E-state index in [0.717, 1.165) is 12.6 Å². The summed E-state index contributed by atoms with van der Waals surface area (Å²) in [4.78, 5) is 7.93. The van der Waals surface area contributed by atoms with Crippen molar-refractivity contribution >= 4 is 23.1 Å². The minimum atomic E-state index is -4.62. The second kappa shape index (κ2) is 10.2. The zero-order valence-corrected chi connectivity index (χ0v) is 19.8. The van der Waals surface area contributed by atoms with Gasteiger partial charge in [0.25, 0.3) is 0 Å². The first-order valence-electron chi connectivity index (χ1n) is 11.0. The SMILES string of the molecule is CCC(C)Oc1ccc(Nc2nc(Nc3ccc(OC(C)(C)C)cc3)ncc2C(F)(F)F)cc1. The molecule has 0 bridgehead atoms. The molecule has 0 radical (unpaired) electrons. The number of nitrogens with zero attached hydrogens (tertiary/aromatic N) is 2. The Hall–Kier alpha value is -3.49. The molecular weight excluding hydrogens is 445 g/mol. The molecule has 2 aromatic carbocycles. The van der Waals surface area contributed by atoms with Crippen molar-refractivity contribution in [3.05, 3.63) is 60.3 Å². The molecular formula is C25H29F3N4O2. The lowest BCUT2D eigenvalue weighted by molar-refractivity contribution is -0.137. The van der Waals surface area contributed by atoms with Gasteiger partial charge >= 0.3 is 6.18 Å². The second-order valence-corrected chi connectivity index (χ2v) is 8.80. The maximum absolute atomic E-state index is 13.6. The zero-order chi connectivity index (χ0) is 24.9. The van der Waals surface area contributed by atoms with E-state index in [9.17, 15) is 13.2 Å². The molecule has 0 aliphatic heterocycles. The zero-order valence-electron chi connectivity index (χ0n) is 19.8. The van der Waals surface area contributed by atoms with Crippen LogP contribution in [0.25, 0.3) is 0 Å².